The molecule has 9 nitrogen and oxygen atoms in total. The summed E-state index contributed by atoms with van der Waals surface area (Å²) in [5, 5.41) is 24.1. The van der Waals surface area contributed by atoms with Crippen LogP contribution in [0.5, 0.6) is 0 Å². The Bertz CT molecular complexity index is 739. The number of ether oxygens (including phenoxy) is 2. The average Bonchev–Trinajstić information content (AvgIpc) is 3.29. The SMILES string of the molecule is CC1NCOC1COC1CCC2CN(C[C@@H](O)CNC(=O)C3CC(NC4CCC4)CCN3)CCC2C1C. The van der Waals surface area contributed by atoms with E-state index < -0.39 is 6.10 Å². The van der Waals surface area contributed by atoms with Crippen molar-refractivity contribution in [3.8, 4) is 0 Å². The van der Waals surface area contributed by atoms with E-state index in [9.17, 15) is 9.90 Å². The van der Waals surface area contributed by atoms with Crippen LogP contribution >= 0.6 is 0 Å². The number of aliphatic hydroxyl groups excluding tert-OH is 1. The molecule has 0 bridgehead atoms. The summed E-state index contributed by atoms with van der Waals surface area (Å²) in [5.74, 6) is 1.93. The highest BCUT2D eigenvalue weighted by Crippen LogP contribution is 2.41. The number of carbonyl (C=O) groups excluding carboxylic acids is 1. The van der Waals surface area contributed by atoms with Crippen LogP contribution in [0.15, 0.2) is 0 Å². The molecule has 5 rings (SSSR count). The van der Waals surface area contributed by atoms with Crippen molar-refractivity contribution in [3.63, 3.8) is 0 Å². The lowest BCUT2D eigenvalue weighted by atomic mass is 9.68. The van der Waals surface area contributed by atoms with Crippen molar-refractivity contribution >= 4 is 5.91 Å². The molecule has 0 aromatic heterocycles. The fourth-order valence-corrected chi connectivity index (χ4v) is 7.30. The molecule has 0 radical (unpaired) electrons. The smallest absolute Gasteiger partial charge is 0.237 e. The molecule has 3 heterocycles. The molecule has 9 atom stereocenters. The molecule has 0 spiro atoms. The topological polar surface area (TPSA) is 107 Å². The molecule has 8 unspecified atom stereocenters. The molecular formula is C28H51N5O4. The van der Waals surface area contributed by atoms with E-state index >= 15 is 0 Å². The molecule has 5 aliphatic rings. The van der Waals surface area contributed by atoms with E-state index in [2.05, 4.69) is 40.0 Å². The second kappa shape index (κ2) is 13.0. The summed E-state index contributed by atoms with van der Waals surface area (Å²) >= 11 is 0. The molecular weight excluding hydrogens is 470 g/mol. The van der Waals surface area contributed by atoms with Gasteiger partial charge < -0.3 is 35.4 Å². The molecule has 212 valence electrons. The van der Waals surface area contributed by atoms with Crippen molar-refractivity contribution in [2.75, 3.05) is 46.1 Å². The predicted octanol–water partition coefficient (Wildman–Crippen LogP) is 0.814. The standard InChI is InChI=1S/C28H51N5O4/c1-18-24-9-11-33(14-20(24)6-7-26(18)36-16-27-19(2)31-17-37-27)15-23(34)13-30-28(35)25-12-22(8-10-29-25)32-21-4-3-5-21/h18-27,29,31-32,34H,3-17H2,1-2H3,(H,30,35)/t18?,19?,20?,22?,23-,24?,25?,26?,27?/m0/s1. The zero-order valence-electron chi connectivity index (χ0n) is 23.0. The monoisotopic (exact) mass is 521 g/mol. The van der Waals surface area contributed by atoms with E-state index in [0.717, 1.165) is 45.3 Å². The average molecular weight is 522 g/mol. The van der Waals surface area contributed by atoms with Gasteiger partial charge in [-0.3, -0.25) is 10.1 Å². The van der Waals surface area contributed by atoms with E-state index in [1.54, 1.807) is 0 Å². The minimum atomic E-state index is -0.535. The Hall–Kier alpha value is -0.810. The van der Waals surface area contributed by atoms with Crippen LogP contribution in [0.4, 0.5) is 0 Å². The third-order valence-electron chi connectivity index (χ3n) is 9.97. The number of nitrogens with one attached hydrogen (secondary N) is 4. The van der Waals surface area contributed by atoms with Gasteiger partial charge in [0.05, 0.1) is 37.7 Å². The van der Waals surface area contributed by atoms with E-state index in [1.165, 1.54) is 25.7 Å². The summed E-state index contributed by atoms with van der Waals surface area (Å²) in [6, 6.07) is 1.27. The predicted molar refractivity (Wildman–Crippen MR) is 143 cm³/mol. The summed E-state index contributed by atoms with van der Waals surface area (Å²) in [5.41, 5.74) is 0. The number of fused-ring (bicyclic) bond motifs is 1. The number of rotatable bonds is 10. The Kier molecular flexibility index (Phi) is 9.77. The third kappa shape index (κ3) is 7.24. The molecule has 2 aliphatic carbocycles. The maximum absolute atomic E-state index is 12.8. The first-order chi connectivity index (χ1) is 18.0. The first-order valence-electron chi connectivity index (χ1n) is 15.1. The van der Waals surface area contributed by atoms with Gasteiger partial charge in [0.25, 0.3) is 0 Å². The Morgan fingerprint density at radius 2 is 2.00 bits per heavy atom. The number of likely N-dealkylation sites (tertiary alicyclic amines) is 1. The number of piperidine rings is 2. The van der Waals surface area contributed by atoms with E-state index in [1.807, 2.05) is 0 Å². The van der Waals surface area contributed by atoms with Gasteiger partial charge in [-0.2, -0.15) is 0 Å². The zero-order chi connectivity index (χ0) is 25.8. The second-order valence-electron chi connectivity index (χ2n) is 12.5. The van der Waals surface area contributed by atoms with Gasteiger partial charge in [0, 0.05) is 37.8 Å². The molecule has 9 heteroatoms. The minimum absolute atomic E-state index is 0.0261. The fraction of sp³-hybridized carbons (Fsp3) is 0.964. The molecule has 37 heavy (non-hydrogen) atoms. The molecule has 5 N–H and O–H groups in total. The number of carbonyl (C=O) groups is 1. The largest absolute Gasteiger partial charge is 0.390 e. The van der Waals surface area contributed by atoms with Crippen molar-refractivity contribution in [3.05, 3.63) is 0 Å². The van der Waals surface area contributed by atoms with Gasteiger partial charge in [0.1, 0.15) is 0 Å². The van der Waals surface area contributed by atoms with Gasteiger partial charge in [0.15, 0.2) is 0 Å². The van der Waals surface area contributed by atoms with Crippen LogP contribution < -0.4 is 21.3 Å². The Morgan fingerprint density at radius 1 is 1.14 bits per heavy atom. The van der Waals surface area contributed by atoms with Crippen molar-refractivity contribution < 1.29 is 19.4 Å². The van der Waals surface area contributed by atoms with Gasteiger partial charge in [-0.15, -0.1) is 0 Å². The Morgan fingerprint density at radius 3 is 2.76 bits per heavy atom. The van der Waals surface area contributed by atoms with Crippen LogP contribution in [0.2, 0.25) is 0 Å². The number of amides is 1. The number of hydrogen-bond donors (Lipinski definition) is 5. The van der Waals surface area contributed by atoms with E-state index in [-0.39, 0.29) is 18.1 Å². The third-order valence-corrected chi connectivity index (χ3v) is 9.97. The van der Waals surface area contributed by atoms with Gasteiger partial charge in [-0.1, -0.05) is 13.3 Å². The summed E-state index contributed by atoms with van der Waals surface area (Å²) < 4.78 is 12.1. The molecule has 1 amide bonds. The molecule has 0 aromatic carbocycles. The molecule has 3 saturated heterocycles. The van der Waals surface area contributed by atoms with Crippen LogP contribution in [0.3, 0.4) is 0 Å². The minimum Gasteiger partial charge on any atom is -0.390 e. The molecule has 5 fully saturated rings. The van der Waals surface area contributed by atoms with Crippen molar-refractivity contribution in [1.29, 1.82) is 0 Å². The molecule has 2 saturated carbocycles. The highest BCUT2D eigenvalue weighted by atomic mass is 16.5. The molecule has 0 aromatic rings. The van der Waals surface area contributed by atoms with Crippen molar-refractivity contribution in [2.24, 2.45) is 17.8 Å². The first kappa shape index (κ1) is 27.7. The first-order valence-corrected chi connectivity index (χ1v) is 15.1. The van der Waals surface area contributed by atoms with Crippen LogP contribution in [0.1, 0.15) is 65.2 Å². The van der Waals surface area contributed by atoms with Crippen molar-refractivity contribution in [1.82, 2.24) is 26.2 Å². The lowest BCUT2D eigenvalue weighted by molar-refractivity contribution is -0.124. The quantitative estimate of drug-likeness (QED) is 0.288. The summed E-state index contributed by atoms with van der Waals surface area (Å²) in [6.45, 7) is 9.71. The number of aliphatic hydroxyl groups is 1. The fourth-order valence-electron chi connectivity index (χ4n) is 7.30. The van der Waals surface area contributed by atoms with Gasteiger partial charge in [-0.25, -0.2) is 0 Å². The zero-order valence-corrected chi connectivity index (χ0v) is 23.0. The lowest BCUT2D eigenvalue weighted by Gasteiger charge is -2.47. The summed E-state index contributed by atoms with van der Waals surface area (Å²) in [4.78, 5) is 15.2. The Balaban J connectivity index is 0.993. The Labute approximate surface area is 223 Å². The lowest BCUT2D eigenvalue weighted by Crippen LogP contribution is -2.56. The van der Waals surface area contributed by atoms with Crippen LogP contribution in [-0.4, -0.2) is 104 Å². The van der Waals surface area contributed by atoms with E-state index in [0.29, 0.717) is 68.4 Å². The van der Waals surface area contributed by atoms with E-state index in [4.69, 9.17) is 9.47 Å². The van der Waals surface area contributed by atoms with Crippen LogP contribution in [0, 0.1) is 17.8 Å². The number of hydrogen-bond acceptors (Lipinski definition) is 8. The maximum Gasteiger partial charge on any atom is 0.237 e. The van der Waals surface area contributed by atoms with Gasteiger partial charge >= 0.3 is 0 Å². The summed E-state index contributed by atoms with van der Waals surface area (Å²) in [7, 11) is 0. The normalized spacial score (nSPS) is 40.1. The second-order valence-corrected chi connectivity index (χ2v) is 12.5. The highest BCUT2D eigenvalue weighted by molar-refractivity contribution is 5.81. The van der Waals surface area contributed by atoms with Crippen LogP contribution in [-0.2, 0) is 14.3 Å². The maximum atomic E-state index is 12.8. The summed E-state index contributed by atoms with van der Waals surface area (Å²) in [6.07, 6.45) is 9.17. The number of β-amino-alcohol motifs (C(OH)–C–C–N with tert-alkyl or cyclic N) is 1. The van der Waals surface area contributed by atoms with Crippen molar-refractivity contribution in [2.45, 2.75) is 108 Å². The van der Waals surface area contributed by atoms with Gasteiger partial charge in [0.2, 0.25) is 5.91 Å². The van der Waals surface area contributed by atoms with Crippen LogP contribution in [0.25, 0.3) is 0 Å². The molecule has 3 aliphatic heterocycles. The van der Waals surface area contributed by atoms with Gasteiger partial charge in [-0.05, 0) is 82.7 Å². The number of nitrogens with zero attached hydrogens (tertiary/aromatic N) is 1. The highest BCUT2D eigenvalue weighted by Gasteiger charge is 2.41.